The maximum atomic E-state index is 12.6. The van der Waals surface area contributed by atoms with Gasteiger partial charge in [-0.05, 0) is 36.8 Å². The molecule has 2 heterocycles. The first kappa shape index (κ1) is 27.3. The van der Waals surface area contributed by atoms with Crippen molar-refractivity contribution in [3.05, 3.63) is 42.2 Å². The Morgan fingerprint density at radius 3 is 2.65 bits per heavy atom. The normalized spacial score (nSPS) is 39.3. The van der Waals surface area contributed by atoms with Gasteiger partial charge in [-0.1, -0.05) is 6.07 Å². The van der Waals surface area contributed by atoms with Crippen molar-refractivity contribution in [3.8, 4) is 11.5 Å². The van der Waals surface area contributed by atoms with E-state index in [-0.39, 0.29) is 17.9 Å². The second kappa shape index (κ2) is 11.0. The van der Waals surface area contributed by atoms with Crippen LogP contribution >= 0.6 is 0 Å². The Bertz CT molecular complexity index is 1020. The number of methoxy groups -OCH3 is 1. The summed E-state index contributed by atoms with van der Waals surface area (Å²) in [4.78, 5) is 12.6. The molecule has 3 aliphatic rings. The van der Waals surface area contributed by atoms with E-state index in [0.717, 1.165) is 0 Å². The number of hydrogen-bond donors (Lipinski definition) is 6. The Kier molecular flexibility index (Phi) is 8.09. The number of aliphatic hydroxyl groups excluding tert-OH is 4. The van der Waals surface area contributed by atoms with E-state index < -0.39 is 73.1 Å². The van der Waals surface area contributed by atoms with Crippen molar-refractivity contribution in [2.24, 2.45) is 11.8 Å². The van der Waals surface area contributed by atoms with Crippen molar-refractivity contribution in [1.29, 1.82) is 0 Å². The molecule has 6 N–H and O–H groups in total. The van der Waals surface area contributed by atoms with Gasteiger partial charge in [0.05, 0.1) is 31.5 Å². The van der Waals surface area contributed by atoms with Crippen molar-refractivity contribution in [1.82, 2.24) is 0 Å². The molecular formula is C25H32O12. The summed E-state index contributed by atoms with van der Waals surface area (Å²) in [5.41, 5.74) is -0.811. The quantitative estimate of drug-likeness (QED) is 0.197. The van der Waals surface area contributed by atoms with E-state index in [1.165, 1.54) is 31.6 Å². The minimum atomic E-state index is -1.64. The molecule has 2 aliphatic heterocycles. The van der Waals surface area contributed by atoms with Gasteiger partial charge < -0.3 is 54.3 Å². The molecule has 2 fully saturated rings. The molecule has 37 heavy (non-hydrogen) atoms. The Labute approximate surface area is 212 Å². The Morgan fingerprint density at radius 1 is 1.19 bits per heavy atom. The van der Waals surface area contributed by atoms with Crippen molar-refractivity contribution in [2.45, 2.75) is 62.0 Å². The van der Waals surface area contributed by atoms with E-state index in [1.54, 1.807) is 25.1 Å². The lowest BCUT2D eigenvalue weighted by Gasteiger charge is -2.43. The third-order valence-corrected chi connectivity index (χ3v) is 6.98. The van der Waals surface area contributed by atoms with Crippen molar-refractivity contribution < 1.29 is 59.1 Å². The van der Waals surface area contributed by atoms with Crippen LogP contribution in [0.2, 0.25) is 0 Å². The number of aliphatic hydroxyl groups is 5. The van der Waals surface area contributed by atoms with Gasteiger partial charge >= 0.3 is 5.97 Å². The van der Waals surface area contributed by atoms with Crippen LogP contribution in [0.5, 0.6) is 11.5 Å². The number of aromatic hydroxyl groups is 1. The van der Waals surface area contributed by atoms with Gasteiger partial charge in [0, 0.05) is 18.4 Å². The molecular weight excluding hydrogens is 492 g/mol. The molecule has 0 aromatic heterocycles. The summed E-state index contributed by atoms with van der Waals surface area (Å²) in [6, 6.07) is 4.59. The zero-order chi connectivity index (χ0) is 26.9. The highest BCUT2D eigenvalue weighted by molar-refractivity contribution is 5.87. The minimum Gasteiger partial charge on any atom is -0.504 e. The molecule has 10 atom stereocenters. The van der Waals surface area contributed by atoms with Crippen LogP contribution in [-0.4, -0.2) is 99.0 Å². The predicted octanol–water partition coefficient (Wildman–Crippen LogP) is -0.601. The molecule has 0 unspecified atom stereocenters. The van der Waals surface area contributed by atoms with Gasteiger partial charge in [-0.25, -0.2) is 4.79 Å². The molecule has 0 spiro atoms. The number of carbonyl (C=O) groups is 1. The molecule has 1 saturated heterocycles. The average Bonchev–Trinajstić information content (AvgIpc) is 3.13. The number of hydrogen-bond acceptors (Lipinski definition) is 12. The van der Waals surface area contributed by atoms with Gasteiger partial charge in [-0.15, -0.1) is 0 Å². The number of fused-ring (bicyclic) bond motifs is 1. The van der Waals surface area contributed by atoms with Crippen LogP contribution < -0.4 is 4.74 Å². The molecule has 4 rings (SSSR count). The number of carbonyl (C=O) groups excluding carboxylic acids is 1. The van der Waals surface area contributed by atoms with Crippen molar-refractivity contribution >= 4 is 12.0 Å². The largest absolute Gasteiger partial charge is 0.504 e. The molecule has 1 aromatic carbocycles. The first-order valence-electron chi connectivity index (χ1n) is 11.8. The smallest absolute Gasteiger partial charge is 0.331 e. The van der Waals surface area contributed by atoms with Crippen LogP contribution in [-0.2, 0) is 23.7 Å². The third kappa shape index (κ3) is 5.60. The molecule has 0 radical (unpaired) electrons. The predicted molar refractivity (Wildman–Crippen MR) is 125 cm³/mol. The Balaban J connectivity index is 1.44. The van der Waals surface area contributed by atoms with Gasteiger partial charge in [0.1, 0.15) is 30.5 Å². The summed E-state index contributed by atoms with van der Waals surface area (Å²) in [6.07, 6.45) is -3.58. The molecule has 1 aliphatic carbocycles. The summed E-state index contributed by atoms with van der Waals surface area (Å²) in [7, 11) is 1.41. The highest BCUT2D eigenvalue weighted by Gasteiger charge is 2.57. The average molecular weight is 525 g/mol. The van der Waals surface area contributed by atoms with E-state index in [9.17, 15) is 35.4 Å². The fourth-order valence-corrected chi connectivity index (χ4v) is 5.04. The molecule has 12 heteroatoms. The second-order valence-corrected chi connectivity index (χ2v) is 9.57. The van der Waals surface area contributed by atoms with E-state index in [2.05, 4.69) is 0 Å². The molecule has 1 saturated carbocycles. The topological polar surface area (TPSA) is 185 Å². The first-order chi connectivity index (χ1) is 17.6. The second-order valence-electron chi connectivity index (χ2n) is 9.57. The van der Waals surface area contributed by atoms with E-state index in [0.29, 0.717) is 5.56 Å². The zero-order valence-electron chi connectivity index (χ0n) is 20.3. The van der Waals surface area contributed by atoms with Gasteiger partial charge in [0.2, 0.25) is 6.29 Å². The van der Waals surface area contributed by atoms with Crippen LogP contribution in [0.1, 0.15) is 18.9 Å². The fourth-order valence-electron chi connectivity index (χ4n) is 5.04. The minimum absolute atomic E-state index is 0.0340. The van der Waals surface area contributed by atoms with Gasteiger partial charge in [-0.2, -0.15) is 0 Å². The summed E-state index contributed by atoms with van der Waals surface area (Å²) < 4.78 is 27.4. The number of phenols is 1. The number of ether oxygens (including phenoxy) is 5. The van der Waals surface area contributed by atoms with Gasteiger partial charge in [0.15, 0.2) is 17.8 Å². The summed E-state index contributed by atoms with van der Waals surface area (Å²) in [5, 5.41) is 60.6. The number of phenolic OH excluding ortho intramolecular Hbond substituents is 1. The van der Waals surface area contributed by atoms with E-state index in [4.69, 9.17) is 23.7 Å². The summed E-state index contributed by atoms with van der Waals surface area (Å²) in [5.74, 6) is -1.69. The fraction of sp³-hybridized carbons (Fsp3) is 0.560. The van der Waals surface area contributed by atoms with Crippen LogP contribution in [0.15, 0.2) is 36.6 Å². The highest BCUT2D eigenvalue weighted by atomic mass is 16.8. The Morgan fingerprint density at radius 2 is 1.95 bits per heavy atom. The standard InChI is InChI=1S/C25H32O12/c1-25(32)10-16(35-18(28)6-4-12-3-5-14(27)15(9-12)33-2)13-7-8-34-23(19(13)25)37-24-22(31)21(30)20(29)17(11-26)36-24/h3-9,13,16-17,19-24,26-27,29-32H,10-11H2,1-2H3/t13-,16-,17-,19-,20-,21+,22-,23+,24-,25-/m1/s1. The zero-order valence-corrected chi connectivity index (χ0v) is 20.3. The maximum Gasteiger partial charge on any atom is 0.331 e. The van der Waals surface area contributed by atoms with Crippen molar-refractivity contribution in [3.63, 3.8) is 0 Å². The Hall–Kier alpha value is -2.71. The lowest BCUT2D eigenvalue weighted by atomic mass is 9.85. The lowest BCUT2D eigenvalue weighted by Crippen LogP contribution is -2.60. The lowest BCUT2D eigenvalue weighted by molar-refractivity contribution is -0.346. The van der Waals surface area contributed by atoms with Gasteiger partial charge in [0.25, 0.3) is 0 Å². The van der Waals surface area contributed by atoms with E-state index in [1.807, 2.05) is 0 Å². The monoisotopic (exact) mass is 524 g/mol. The number of esters is 1. The van der Waals surface area contributed by atoms with Gasteiger partial charge in [-0.3, -0.25) is 0 Å². The maximum absolute atomic E-state index is 12.6. The summed E-state index contributed by atoms with van der Waals surface area (Å²) >= 11 is 0. The third-order valence-electron chi connectivity index (χ3n) is 6.98. The molecule has 204 valence electrons. The molecule has 0 amide bonds. The first-order valence-corrected chi connectivity index (χ1v) is 11.8. The van der Waals surface area contributed by atoms with Crippen LogP contribution in [0.3, 0.4) is 0 Å². The highest BCUT2D eigenvalue weighted by Crippen LogP contribution is 2.48. The SMILES string of the molecule is COc1cc(C=CC(=O)O[C@@H]2C[C@@](C)(O)[C@H]3[C@H](O[C@H]4O[C@H](CO)[C@@H](O)[C@H](O)[C@H]4O)OC=C[C@@H]32)ccc1O. The van der Waals surface area contributed by atoms with Crippen LogP contribution in [0.25, 0.3) is 6.08 Å². The van der Waals surface area contributed by atoms with E-state index >= 15 is 0 Å². The molecule has 1 aromatic rings. The van der Waals surface area contributed by atoms with Crippen molar-refractivity contribution in [2.75, 3.05) is 13.7 Å². The van der Waals surface area contributed by atoms with Crippen LogP contribution in [0.4, 0.5) is 0 Å². The number of rotatable bonds is 7. The molecule has 12 nitrogen and oxygen atoms in total. The summed E-state index contributed by atoms with van der Waals surface area (Å²) in [6.45, 7) is 0.922. The number of benzene rings is 1. The molecule has 0 bridgehead atoms. The van der Waals surface area contributed by atoms with Crippen LogP contribution in [0, 0.1) is 11.8 Å².